The Bertz CT molecular complexity index is 814. The number of aryl methyl sites for hydroxylation is 1. The zero-order valence-electron chi connectivity index (χ0n) is 16.6. The van der Waals surface area contributed by atoms with Crippen LogP contribution >= 0.6 is 12.4 Å². The van der Waals surface area contributed by atoms with Crippen LogP contribution in [0.2, 0.25) is 0 Å². The fraction of sp³-hybridized carbons (Fsp3) is 0.435. The Hall–Kier alpha value is -2.04. The molecule has 2 aliphatic heterocycles. The molecule has 4 nitrogen and oxygen atoms in total. The van der Waals surface area contributed by atoms with Crippen molar-refractivity contribution in [1.82, 2.24) is 10.2 Å². The molecule has 2 fully saturated rings. The van der Waals surface area contributed by atoms with Crippen LogP contribution in [0.4, 0.5) is 0 Å². The number of rotatable bonds is 5. The minimum Gasteiger partial charge on any atom is -0.489 e. The van der Waals surface area contributed by atoms with E-state index < -0.39 is 0 Å². The molecule has 5 heteroatoms. The molecular weight excluding hydrogens is 372 g/mol. The molecule has 2 aromatic carbocycles. The number of nitrogens with one attached hydrogen (secondary N) is 1. The highest BCUT2D eigenvalue weighted by Crippen LogP contribution is 2.30. The van der Waals surface area contributed by atoms with E-state index >= 15 is 0 Å². The van der Waals surface area contributed by atoms with E-state index in [2.05, 4.69) is 30.4 Å². The van der Waals surface area contributed by atoms with Crippen LogP contribution in [0.3, 0.4) is 0 Å². The number of hydrogen-bond acceptors (Lipinski definition) is 3. The molecular formula is C23H29ClN2O2. The summed E-state index contributed by atoms with van der Waals surface area (Å²) in [5.41, 5.74) is 3.05. The maximum absolute atomic E-state index is 13.0. The molecule has 0 radical (unpaired) electrons. The van der Waals surface area contributed by atoms with Gasteiger partial charge in [0.05, 0.1) is 0 Å². The van der Waals surface area contributed by atoms with Gasteiger partial charge in [-0.2, -0.15) is 0 Å². The van der Waals surface area contributed by atoms with E-state index in [1.807, 2.05) is 42.3 Å². The van der Waals surface area contributed by atoms with Crippen molar-refractivity contribution in [1.29, 1.82) is 0 Å². The van der Waals surface area contributed by atoms with Crippen LogP contribution in [0.1, 0.15) is 47.2 Å². The Kier molecular flexibility index (Phi) is 6.63. The summed E-state index contributed by atoms with van der Waals surface area (Å²) in [7, 11) is 1.94. The third kappa shape index (κ3) is 4.68. The van der Waals surface area contributed by atoms with E-state index in [1.54, 1.807) is 0 Å². The molecule has 2 atom stereocenters. The summed E-state index contributed by atoms with van der Waals surface area (Å²) in [4.78, 5) is 14.9. The Labute approximate surface area is 173 Å². The minimum atomic E-state index is 0. The van der Waals surface area contributed by atoms with Crippen molar-refractivity contribution >= 4 is 18.3 Å². The summed E-state index contributed by atoms with van der Waals surface area (Å²) in [6.45, 7) is 2.58. The van der Waals surface area contributed by atoms with E-state index in [9.17, 15) is 4.79 Å². The largest absolute Gasteiger partial charge is 0.489 e. The molecule has 0 spiro atoms. The number of amides is 1. The number of nitrogens with zero attached hydrogens (tertiary/aromatic N) is 1. The van der Waals surface area contributed by atoms with Crippen LogP contribution in [-0.4, -0.2) is 36.0 Å². The second-order valence-electron chi connectivity index (χ2n) is 7.98. The van der Waals surface area contributed by atoms with Crippen LogP contribution in [0.15, 0.2) is 48.5 Å². The molecule has 1 amide bonds. The lowest BCUT2D eigenvalue weighted by molar-refractivity contribution is 0.0681. The van der Waals surface area contributed by atoms with Gasteiger partial charge in [0, 0.05) is 30.7 Å². The predicted molar refractivity (Wildman–Crippen MR) is 114 cm³/mol. The highest BCUT2D eigenvalue weighted by Gasteiger charge is 2.36. The first-order chi connectivity index (χ1) is 13.1. The number of piperidine rings is 1. The van der Waals surface area contributed by atoms with Crippen molar-refractivity contribution in [2.45, 2.75) is 57.3 Å². The molecule has 1 N–H and O–H groups in total. The number of ether oxygens (including phenoxy) is 1. The number of hydrogen-bond donors (Lipinski definition) is 1. The van der Waals surface area contributed by atoms with E-state index in [0.29, 0.717) is 30.3 Å². The third-order valence-corrected chi connectivity index (χ3v) is 5.89. The fourth-order valence-corrected chi connectivity index (χ4v) is 4.40. The van der Waals surface area contributed by atoms with Gasteiger partial charge in [0.1, 0.15) is 12.4 Å². The molecule has 0 aliphatic carbocycles. The lowest BCUT2D eigenvalue weighted by Crippen LogP contribution is -2.48. The number of carbonyl (C=O) groups is 1. The van der Waals surface area contributed by atoms with E-state index in [0.717, 1.165) is 24.2 Å². The Morgan fingerprint density at radius 3 is 2.54 bits per heavy atom. The average molecular weight is 401 g/mol. The maximum Gasteiger partial charge on any atom is 0.253 e. The van der Waals surface area contributed by atoms with E-state index in [1.165, 1.54) is 18.4 Å². The standard InChI is InChI=1S/C23H28N2O2.ClH/c1-16-5-3-6-17(11-16)15-27-22-8-4-7-18(12-22)23(26)25(2)21-13-19-9-10-20(14-21)24-19;/h3-8,11-12,19-21,24H,9-10,13-15H2,1-2H3;1H. The van der Waals surface area contributed by atoms with Crippen LogP contribution in [0, 0.1) is 6.92 Å². The molecule has 28 heavy (non-hydrogen) atoms. The van der Waals surface area contributed by atoms with Crippen molar-refractivity contribution in [3.05, 3.63) is 65.2 Å². The van der Waals surface area contributed by atoms with E-state index in [-0.39, 0.29) is 18.3 Å². The third-order valence-electron chi connectivity index (χ3n) is 5.89. The van der Waals surface area contributed by atoms with Gasteiger partial charge in [0.15, 0.2) is 0 Å². The summed E-state index contributed by atoms with van der Waals surface area (Å²) < 4.78 is 5.93. The average Bonchev–Trinajstić information content (AvgIpc) is 3.03. The first-order valence-electron chi connectivity index (χ1n) is 9.90. The Morgan fingerprint density at radius 2 is 1.82 bits per heavy atom. The lowest BCUT2D eigenvalue weighted by Gasteiger charge is -2.35. The molecule has 150 valence electrons. The second-order valence-corrected chi connectivity index (χ2v) is 7.98. The van der Waals surface area contributed by atoms with Gasteiger partial charge in [-0.25, -0.2) is 0 Å². The van der Waals surface area contributed by atoms with Crippen LogP contribution in [0.25, 0.3) is 0 Å². The summed E-state index contributed by atoms with van der Waals surface area (Å²) >= 11 is 0. The lowest BCUT2D eigenvalue weighted by atomic mass is 9.98. The Morgan fingerprint density at radius 1 is 1.11 bits per heavy atom. The van der Waals surface area contributed by atoms with Crippen LogP contribution in [0.5, 0.6) is 5.75 Å². The molecule has 2 unspecified atom stereocenters. The molecule has 2 aliphatic rings. The topological polar surface area (TPSA) is 41.6 Å². The van der Waals surface area contributed by atoms with Gasteiger partial charge >= 0.3 is 0 Å². The number of halogens is 1. The summed E-state index contributed by atoms with van der Waals surface area (Å²) in [6, 6.07) is 17.3. The molecule has 2 bridgehead atoms. The maximum atomic E-state index is 13.0. The first kappa shape index (κ1) is 20.7. The van der Waals surface area contributed by atoms with Gasteiger partial charge in [0.2, 0.25) is 0 Å². The monoisotopic (exact) mass is 400 g/mol. The summed E-state index contributed by atoms with van der Waals surface area (Å²) in [5, 5.41) is 3.64. The van der Waals surface area contributed by atoms with Crippen molar-refractivity contribution < 1.29 is 9.53 Å². The van der Waals surface area contributed by atoms with Crippen molar-refractivity contribution in [2.75, 3.05) is 7.05 Å². The van der Waals surface area contributed by atoms with Crippen molar-refractivity contribution in [3.8, 4) is 5.75 Å². The second kappa shape index (κ2) is 8.97. The number of fused-ring (bicyclic) bond motifs is 2. The van der Waals surface area contributed by atoms with Crippen molar-refractivity contribution in [3.63, 3.8) is 0 Å². The quantitative estimate of drug-likeness (QED) is 0.811. The highest BCUT2D eigenvalue weighted by molar-refractivity contribution is 5.94. The fourth-order valence-electron chi connectivity index (χ4n) is 4.40. The highest BCUT2D eigenvalue weighted by atomic mass is 35.5. The molecule has 2 aromatic rings. The van der Waals surface area contributed by atoms with Gasteiger partial charge in [0.25, 0.3) is 5.91 Å². The summed E-state index contributed by atoms with van der Waals surface area (Å²) in [5.74, 6) is 0.823. The van der Waals surface area contributed by atoms with Gasteiger partial charge in [-0.05, 0) is 56.4 Å². The van der Waals surface area contributed by atoms with Gasteiger partial charge < -0.3 is 15.0 Å². The zero-order valence-corrected chi connectivity index (χ0v) is 17.4. The van der Waals surface area contributed by atoms with Crippen molar-refractivity contribution in [2.24, 2.45) is 0 Å². The normalized spacial score (nSPS) is 23.0. The van der Waals surface area contributed by atoms with Gasteiger partial charge in [-0.1, -0.05) is 35.9 Å². The zero-order chi connectivity index (χ0) is 18.8. The van der Waals surface area contributed by atoms with Gasteiger partial charge in [-0.3, -0.25) is 4.79 Å². The SMILES string of the molecule is Cc1cccc(COc2cccc(C(=O)N(C)C3CC4CCC(C3)N4)c2)c1.Cl. The van der Waals surface area contributed by atoms with Crippen LogP contribution in [-0.2, 0) is 6.61 Å². The van der Waals surface area contributed by atoms with Gasteiger partial charge in [-0.15, -0.1) is 12.4 Å². The molecule has 2 heterocycles. The molecule has 0 saturated carbocycles. The predicted octanol–water partition coefficient (Wildman–Crippen LogP) is 4.35. The molecule has 2 saturated heterocycles. The van der Waals surface area contributed by atoms with Crippen LogP contribution < -0.4 is 10.1 Å². The number of benzene rings is 2. The molecule has 4 rings (SSSR count). The molecule has 0 aromatic heterocycles. The summed E-state index contributed by atoms with van der Waals surface area (Å²) in [6.07, 6.45) is 4.60. The minimum absolute atomic E-state index is 0. The first-order valence-corrected chi connectivity index (χ1v) is 9.90. The van der Waals surface area contributed by atoms with E-state index in [4.69, 9.17) is 4.74 Å². The smallest absolute Gasteiger partial charge is 0.253 e. The number of carbonyl (C=O) groups excluding carboxylic acids is 1. The Balaban J connectivity index is 0.00000225.